The van der Waals surface area contributed by atoms with E-state index in [1.165, 1.54) is 6.07 Å². The highest BCUT2D eigenvalue weighted by Crippen LogP contribution is 2.37. The first kappa shape index (κ1) is 13.7. The number of aliphatic carboxylic acids is 1. The molecule has 0 unspecified atom stereocenters. The molecule has 0 aliphatic heterocycles. The molecule has 0 amide bonds. The molecule has 6 nitrogen and oxygen atoms in total. The van der Waals surface area contributed by atoms with Crippen LogP contribution in [-0.2, 0) is 4.79 Å². The molecule has 0 heterocycles. The Morgan fingerprint density at radius 2 is 2.24 bits per heavy atom. The molecule has 1 aromatic carbocycles. The fourth-order valence-electron chi connectivity index (χ4n) is 1.07. The highest BCUT2D eigenvalue weighted by Gasteiger charge is 2.20. The van der Waals surface area contributed by atoms with Crippen LogP contribution in [0.25, 0.3) is 0 Å². The second-order valence-electron chi connectivity index (χ2n) is 2.99. The van der Waals surface area contributed by atoms with Gasteiger partial charge in [-0.05, 0) is 22.0 Å². The van der Waals surface area contributed by atoms with Gasteiger partial charge in [0.2, 0.25) is 5.75 Å². The summed E-state index contributed by atoms with van der Waals surface area (Å²) in [6, 6.07) is 2.58. The molecule has 1 N–H and O–H groups in total. The van der Waals surface area contributed by atoms with Crippen LogP contribution in [0.5, 0.6) is 5.75 Å². The lowest BCUT2D eigenvalue weighted by Crippen LogP contribution is -2.06. The molecule has 0 atom stereocenters. The average Bonchev–Trinajstić information content (AvgIpc) is 2.19. The molecule has 0 aliphatic carbocycles. The molecule has 0 radical (unpaired) electrons. The van der Waals surface area contributed by atoms with Gasteiger partial charge in [-0.15, -0.1) is 0 Å². The number of hydrogen-bond acceptors (Lipinski definition) is 4. The van der Waals surface area contributed by atoms with E-state index in [0.29, 0.717) is 4.47 Å². The summed E-state index contributed by atoms with van der Waals surface area (Å²) in [4.78, 5) is 20.4. The van der Waals surface area contributed by atoms with Crippen molar-refractivity contribution in [2.75, 3.05) is 6.61 Å². The molecule has 0 aliphatic rings. The van der Waals surface area contributed by atoms with Gasteiger partial charge in [0.1, 0.15) is 0 Å². The summed E-state index contributed by atoms with van der Waals surface area (Å²) in [7, 11) is 0. The van der Waals surface area contributed by atoms with E-state index >= 15 is 0 Å². The summed E-state index contributed by atoms with van der Waals surface area (Å²) in [5.41, 5.74) is -0.310. The van der Waals surface area contributed by atoms with Crippen molar-refractivity contribution in [3.8, 4) is 5.75 Å². The maximum Gasteiger partial charge on any atom is 0.313 e. The number of nitro groups is 1. The van der Waals surface area contributed by atoms with Gasteiger partial charge in [0.05, 0.1) is 22.4 Å². The number of benzene rings is 1. The number of halogens is 2. The van der Waals surface area contributed by atoms with Gasteiger partial charge in [0.15, 0.2) is 0 Å². The highest BCUT2D eigenvalue weighted by atomic mass is 79.9. The number of nitrogens with zero attached hydrogens (tertiary/aromatic N) is 1. The van der Waals surface area contributed by atoms with Crippen molar-refractivity contribution in [1.82, 2.24) is 0 Å². The van der Waals surface area contributed by atoms with E-state index in [0.717, 1.165) is 6.07 Å². The number of carboxylic acid groups (broad SMARTS) is 1. The topological polar surface area (TPSA) is 89.7 Å². The minimum Gasteiger partial charge on any atom is -0.485 e. The molecular formula is C9H7BrClNO5. The van der Waals surface area contributed by atoms with Crippen molar-refractivity contribution in [3.05, 3.63) is 31.7 Å². The van der Waals surface area contributed by atoms with Gasteiger partial charge in [0, 0.05) is 11.1 Å². The molecule has 1 aromatic rings. The van der Waals surface area contributed by atoms with Crippen molar-refractivity contribution in [2.24, 2.45) is 0 Å². The highest BCUT2D eigenvalue weighted by molar-refractivity contribution is 9.10. The Balaban J connectivity index is 2.96. The van der Waals surface area contributed by atoms with Crippen LogP contribution in [0.15, 0.2) is 16.6 Å². The summed E-state index contributed by atoms with van der Waals surface area (Å²) in [6.07, 6.45) is -0.244. The molecule has 92 valence electrons. The largest absolute Gasteiger partial charge is 0.485 e. The quantitative estimate of drug-likeness (QED) is 0.664. The molecule has 8 heteroatoms. The fourth-order valence-corrected chi connectivity index (χ4v) is 1.97. The second-order valence-corrected chi connectivity index (χ2v) is 4.28. The van der Waals surface area contributed by atoms with Gasteiger partial charge in [-0.25, -0.2) is 0 Å². The zero-order chi connectivity index (χ0) is 13.0. The number of carboxylic acids is 1. The lowest BCUT2D eigenvalue weighted by Gasteiger charge is -2.07. The molecule has 0 bridgehead atoms. The first-order valence-electron chi connectivity index (χ1n) is 4.40. The maximum absolute atomic E-state index is 10.8. The minimum atomic E-state index is -1.04. The van der Waals surface area contributed by atoms with Crippen molar-refractivity contribution >= 4 is 39.2 Å². The first-order chi connectivity index (χ1) is 7.91. The summed E-state index contributed by atoms with van der Waals surface area (Å²) in [6.45, 7) is -0.156. The number of hydrogen-bond donors (Lipinski definition) is 1. The van der Waals surface area contributed by atoms with Crippen LogP contribution in [0, 0.1) is 10.1 Å². The Kier molecular flexibility index (Phi) is 4.71. The van der Waals surface area contributed by atoms with Gasteiger partial charge in [-0.2, -0.15) is 0 Å². The van der Waals surface area contributed by atoms with Crippen LogP contribution < -0.4 is 4.74 Å². The van der Waals surface area contributed by atoms with Crippen LogP contribution in [0.3, 0.4) is 0 Å². The van der Waals surface area contributed by atoms with E-state index in [1.807, 2.05) is 0 Å². The molecular weight excluding hydrogens is 317 g/mol. The third-order valence-corrected chi connectivity index (χ3v) is 2.56. The average molecular weight is 325 g/mol. The molecule has 1 rings (SSSR count). The maximum atomic E-state index is 10.8. The minimum absolute atomic E-state index is 0.0272. The van der Waals surface area contributed by atoms with E-state index in [2.05, 4.69) is 15.9 Å². The number of ether oxygens (including phenoxy) is 1. The van der Waals surface area contributed by atoms with Crippen LogP contribution in [-0.4, -0.2) is 22.6 Å². The van der Waals surface area contributed by atoms with Gasteiger partial charge in [-0.3, -0.25) is 14.9 Å². The standard InChI is InChI=1S/C9H7BrClNO5/c10-6-3-5(11)4-7(12(15)16)9(6)17-2-1-8(13)14/h3-4H,1-2H2,(H,13,14). The van der Waals surface area contributed by atoms with Gasteiger partial charge < -0.3 is 9.84 Å². The Morgan fingerprint density at radius 1 is 1.59 bits per heavy atom. The molecule has 0 aromatic heterocycles. The number of carbonyl (C=O) groups is 1. The molecule has 0 spiro atoms. The Labute approximate surface area is 109 Å². The second kappa shape index (κ2) is 5.83. The monoisotopic (exact) mass is 323 g/mol. The summed E-state index contributed by atoms with van der Waals surface area (Å²) in [5.74, 6) is -1.07. The normalized spacial score (nSPS) is 10.0. The van der Waals surface area contributed by atoms with E-state index in [9.17, 15) is 14.9 Å². The zero-order valence-electron chi connectivity index (χ0n) is 8.35. The van der Waals surface area contributed by atoms with Crippen LogP contribution in [0.2, 0.25) is 5.02 Å². The van der Waals surface area contributed by atoms with E-state index in [4.69, 9.17) is 21.4 Å². The predicted molar refractivity (Wildman–Crippen MR) is 63.6 cm³/mol. The van der Waals surface area contributed by atoms with Gasteiger partial charge in [0.25, 0.3) is 0 Å². The van der Waals surface area contributed by atoms with Gasteiger partial charge >= 0.3 is 11.7 Å². The van der Waals surface area contributed by atoms with Crippen molar-refractivity contribution in [3.63, 3.8) is 0 Å². The SMILES string of the molecule is O=C(O)CCOc1c(Br)cc(Cl)cc1[N+](=O)[O-]. The third kappa shape index (κ3) is 3.86. The first-order valence-corrected chi connectivity index (χ1v) is 5.57. The predicted octanol–water partition coefficient (Wildman–Crippen LogP) is 2.86. The lowest BCUT2D eigenvalue weighted by molar-refractivity contribution is -0.385. The Hall–Kier alpha value is -1.34. The molecule has 17 heavy (non-hydrogen) atoms. The zero-order valence-corrected chi connectivity index (χ0v) is 10.7. The number of nitro benzene ring substituents is 1. The van der Waals surface area contributed by atoms with E-state index < -0.39 is 10.9 Å². The Bertz CT molecular complexity index is 465. The Morgan fingerprint density at radius 3 is 2.76 bits per heavy atom. The molecule has 0 saturated carbocycles. The van der Waals surface area contributed by atoms with E-state index in [1.54, 1.807) is 0 Å². The molecule has 0 saturated heterocycles. The third-order valence-electron chi connectivity index (χ3n) is 1.75. The molecule has 0 fully saturated rings. The fraction of sp³-hybridized carbons (Fsp3) is 0.222. The summed E-state index contributed by atoms with van der Waals surface area (Å²) in [5, 5.41) is 19.4. The van der Waals surface area contributed by atoms with Crippen LogP contribution in [0.4, 0.5) is 5.69 Å². The van der Waals surface area contributed by atoms with Gasteiger partial charge in [-0.1, -0.05) is 11.6 Å². The van der Waals surface area contributed by atoms with E-state index in [-0.39, 0.29) is 29.5 Å². The van der Waals surface area contributed by atoms with Crippen LogP contribution in [0.1, 0.15) is 6.42 Å². The van der Waals surface area contributed by atoms with Crippen molar-refractivity contribution in [2.45, 2.75) is 6.42 Å². The smallest absolute Gasteiger partial charge is 0.313 e. The number of rotatable bonds is 5. The lowest BCUT2D eigenvalue weighted by atomic mass is 10.3. The van der Waals surface area contributed by atoms with Crippen molar-refractivity contribution in [1.29, 1.82) is 0 Å². The summed E-state index contributed by atoms with van der Waals surface area (Å²) < 4.78 is 5.37. The van der Waals surface area contributed by atoms with Crippen LogP contribution >= 0.6 is 27.5 Å². The van der Waals surface area contributed by atoms with Crippen molar-refractivity contribution < 1.29 is 19.6 Å². The summed E-state index contributed by atoms with van der Waals surface area (Å²) >= 11 is 8.74.